The van der Waals surface area contributed by atoms with Crippen molar-refractivity contribution in [2.45, 2.75) is 19.6 Å². The van der Waals surface area contributed by atoms with Gasteiger partial charge in [-0.1, -0.05) is 24.3 Å². The van der Waals surface area contributed by atoms with Gasteiger partial charge in [0.25, 0.3) is 40.5 Å². The average Bonchev–Trinajstić information content (AvgIpc) is 3.30. The molecule has 0 saturated heterocycles. The summed E-state index contributed by atoms with van der Waals surface area (Å²) in [5.41, 5.74) is 0.266. The Hall–Kier alpha value is -7.08. The minimum absolute atomic E-state index is 0.0619. The summed E-state index contributed by atoms with van der Waals surface area (Å²) in [6, 6.07) is 17.0. The van der Waals surface area contributed by atoms with E-state index in [0.29, 0.717) is 0 Å². The average molecular weight is 1080 g/mol. The van der Waals surface area contributed by atoms with Gasteiger partial charge in [-0.05, 0) is 83.9 Å². The van der Waals surface area contributed by atoms with E-state index in [-0.39, 0.29) is 95.7 Å². The highest BCUT2D eigenvalue weighted by atomic mass is 32.2. The molecule has 0 saturated carbocycles. The van der Waals surface area contributed by atoms with Gasteiger partial charge in [0.05, 0.1) is 47.6 Å². The van der Waals surface area contributed by atoms with Crippen LogP contribution in [0.1, 0.15) is 11.1 Å². The van der Waals surface area contributed by atoms with E-state index in [1.54, 1.807) is 0 Å². The van der Waals surface area contributed by atoms with Crippen molar-refractivity contribution < 1.29 is 72.3 Å². The van der Waals surface area contributed by atoms with Gasteiger partial charge in [-0.25, -0.2) is 0 Å². The normalized spacial score (nSPS) is 12.2. The Morgan fingerprint density at radius 3 is 0.986 bits per heavy atom. The first-order chi connectivity index (χ1) is 34.0. The lowest BCUT2D eigenvalue weighted by Crippen LogP contribution is -2.31. The minimum atomic E-state index is -5.01. The molecule has 72 heavy (non-hydrogen) atoms. The molecule has 0 fully saturated rings. The highest BCUT2D eigenvalue weighted by molar-refractivity contribution is 7.86. The molecule has 0 spiro atoms. The Morgan fingerprint density at radius 1 is 0.403 bits per heavy atom. The minimum Gasteiger partial charge on any atom is -0.395 e. The Labute approximate surface area is 410 Å². The quantitative estimate of drug-likeness (QED) is 0.0303. The maximum Gasteiger partial charge on any atom is 0.296 e. The molecular formula is C40H44N12O16S4. The molecule has 0 amide bonds. The molecule has 12 N–H and O–H groups in total. The van der Waals surface area contributed by atoms with E-state index >= 15 is 0 Å². The number of hydrogen-bond acceptors (Lipinski definition) is 24. The highest BCUT2D eigenvalue weighted by Crippen LogP contribution is 2.31. The SMILES string of the molecule is O=S(=O)(O)c1ccc(Nc2nc(Nc3ccc(/C=C/c4ccc(Nc5nc(Nc6ccc(S(=O)(=O)O)cc6)nc(N(CCO)CCO)n5)c(S(=O)(=O)O)c4)cc3S(=O)(=O)O)nc(N(CCO)CCO)n2)cc1. The Balaban J connectivity index is 1.31. The molecule has 0 unspecified atom stereocenters. The zero-order valence-corrected chi connectivity index (χ0v) is 40.2. The van der Waals surface area contributed by atoms with Crippen LogP contribution >= 0.6 is 0 Å². The molecule has 6 aromatic rings. The maximum absolute atomic E-state index is 12.8. The number of nitrogens with zero attached hydrogens (tertiary/aromatic N) is 8. The number of anilines is 10. The van der Waals surface area contributed by atoms with Gasteiger partial charge >= 0.3 is 0 Å². The van der Waals surface area contributed by atoms with Gasteiger partial charge in [-0.15, -0.1) is 0 Å². The van der Waals surface area contributed by atoms with E-state index in [1.165, 1.54) is 70.5 Å². The standard InChI is InChI=1S/C40H44N12O16S4/c53-19-15-51(16-20-54)39-47-35(41-27-5-9-29(10-6-27)69(57,58)59)45-37(49-39)43-31-13-3-25(23-33(31)71(63,64)65)1-2-26-4-14-32(34(24-26)72(66,67)68)44-38-46-36(48-40(50-38)52(17-21-55)18-22-56)42-28-7-11-30(12-8-28)70(60,61)62/h1-14,23-24,53-56H,15-22H2,(H,57,58,59)(H,60,61,62)(H,63,64,65)(H,66,67,68)(H2,41,43,45,47,49)(H2,42,44,46,48,50)/b2-1+. The topological polar surface area (TPSA) is 430 Å². The summed E-state index contributed by atoms with van der Waals surface area (Å²) < 4.78 is 137. The molecule has 2 heterocycles. The summed E-state index contributed by atoms with van der Waals surface area (Å²) in [5.74, 6) is -1.21. The van der Waals surface area contributed by atoms with Crippen molar-refractivity contribution in [2.24, 2.45) is 0 Å². The molecule has 28 nitrogen and oxygen atoms in total. The van der Waals surface area contributed by atoms with Crippen molar-refractivity contribution in [2.75, 3.05) is 83.7 Å². The zero-order chi connectivity index (χ0) is 52.4. The number of rotatable bonds is 24. The van der Waals surface area contributed by atoms with E-state index in [1.807, 2.05) is 0 Å². The van der Waals surface area contributed by atoms with Gasteiger partial charge in [0.1, 0.15) is 9.79 Å². The number of hydrogen-bond donors (Lipinski definition) is 12. The van der Waals surface area contributed by atoms with Gasteiger partial charge < -0.3 is 51.5 Å². The van der Waals surface area contributed by atoms with Gasteiger partial charge in [0, 0.05) is 37.6 Å². The monoisotopic (exact) mass is 1080 g/mol. The van der Waals surface area contributed by atoms with Crippen LogP contribution in [0.3, 0.4) is 0 Å². The first-order valence-electron chi connectivity index (χ1n) is 20.6. The van der Waals surface area contributed by atoms with Gasteiger partial charge in [-0.3, -0.25) is 18.2 Å². The first-order valence-corrected chi connectivity index (χ1v) is 26.3. The second-order valence-corrected chi connectivity index (χ2v) is 20.4. The summed E-state index contributed by atoms with van der Waals surface area (Å²) >= 11 is 0. The number of aliphatic hydroxyl groups is 4. The third kappa shape index (κ3) is 14.7. The molecule has 2 aromatic heterocycles. The molecule has 0 radical (unpaired) electrons. The highest BCUT2D eigenvalue weighted by Gasteiger charge is 2.22. The number of benzene rings is 4. The third-order valence-electron chi connectivity index (χ3n) is 9.64. The maximum atomic E-state index is 12.8. The largest absolute Gasteiger partial charge is 0.395 e. The second-order valence-electron chi connectivity index (χ2n) is 14.7. The van der Waals surface area contributed by atoms with Gasteiger partial charge in [0.15, 0.2) is 0 Å². The van der Waals surface area contributed by atoms with Crippen molar-refractivity contribution >= 4 is 111 Å². The molecule has 0 aliphatic heterocycles. The van der Waals surface area contributed by atoms with Crippen molar-refractivity contribution in [1.29, 1.82) is 0 Å². The molecule has 384 valence electrons. The smallest absolute Gasteiger partial charge is 0.296 e. The number of nitrogens with one attached hydrogen (secondary N) is 4. The molecule has 0 atom stereocenters. The van der Waals surface area contributed by atoms with Crippen LogP contribution in [0.5, 0.6) is 0 Å². The van der Waals surface area contributed by atoms with Crippen molar-refractivity contribution in [3.63, 3.8) is 0 Å². The lowest BCUT2D eigenvalue weighted by atomic mass is 10.1. The fraction of sp³-hybridized carbons (Fsp3) is 0.200. The van der Waals surface area contributed by atoms with Crippen LogP contribution in [0.4, 0.5) is 58.4 Å². The van der Waals surface area contributed by atoms with E-state index in [2.05, 4.69) is 51.2 Å². The predicted octanol–water partition coefficient (Wildman–Crippen LogP) is 1.77. The number of aromatic nitrogens is 6. The molecule has 0 aliphatic rings. The molecule has 4 aromatic carbocycles. The van der Waals surface area contributed by atoms with E-state index in [4.69, 9.17) is 0 Å². The first kappa shape index (κ1) is 54.3. The Bertz CT molecular complexity index is 3160. The Kier molecular flexibility index (Phi) is 17.3. The zero-order valence-electron chi connectivity index (χ0n) is 36.9. The van der Waals surface area contributed by atoms with Crippen LogP contribution in [-0.4, -0.2) is 155 Å². The van der Waals surface area contributed by atoms with Crippen LogP contribution in [0.2, 0.25) is 0 Å². The third-order valence-corrected chi connectivity index (χ3v) is 13.2. The molecule has 6 rings (SSSR count). The summed E-state index contributed by atoms with van der Waals surface area (Å²) in [4.78, 5) is 26.3. The molecule has 32 heteroatoms. The Morgan fingerprint density at radius 2 is 0.708 bits per heavy atom. The van der Waals surface area contributed by atoms with E-state index < -0.39 is 86.5 Å². The lowest BCUT2D eigenvalue weighted by molar-refractivity contribution is 0.279. The van der Waals surface area contributed by atoms with Crippen LogP contribution in [0.25, 0.3) is 12.2 Å². The molecule has 0 bridgehead atoms. The van der Waals surface area contributed by atoms with Crippen molar-refractivity contribution in [1.82, 2.24) is 29.9 Å². The van der Waals surface area contributed by atoms with Crippen LogP contribution in [0, 0.1) is 0 Å². The summed E-state index contributed by atoms with van der Waals surface area (Å²) in [6.07, 6.45) is 2.70. The van der Waals surface area contributed by atoms with Crippen LogP contribution < -0.4 is 31.1 Å². The van der Waals surface area contributed by atoms with Crippen LogP contribution in [0.15, 0.2) is 105 Å². The van der Waals surface area contributed by atoms with Gasteiger partial charge in [0.2, 0.25) is 35.7 Å². The fourth-order valence-electron chi connectivity index (χ4n) is 6.37. The van der Waals surface area contributed by atoms with E-state index in [9.17, 15) is 72.3 Å². The second kappa shape index (κ2) is 23.0. The van der Waals surface area contributed by atoms with Crippen molar-refractivity contribution in [3.05, 3.63) is 96.1 Å². The van der Waals surface area contributed by atoms with Gasteiger partial charge in [-0.2, -0.15) is 63.6 Å². The fourth-order valence-corrected chi connectivity index (χ4v) is 8.70. The summed E-state index contributed by atoms with van der Waals surface area (Å²) in [6.45, 7) is -1.81. The summed E-state index contributed by atoms with van der Waals surface area (Å²) in [5, 5.41) is 49.7. The summed E-state index contributed by atoms with van der Waals surface area (Å²) in [7, 11) is -19.0. The van der Waals surface area contributed by atoms with E-state index in [0.717, 1.165) is 36.4 Å². The lowest BCUT2D eigenvalue weighted by Gasteiger charge is -2.22. The number of aliphatic hydroxyl groups excluding tert-OH is 4. The molecule has 0 aliphatic carbocycles. The molecular weight excluding hydrogens is 1030 g/mol. The predicted molar refractivity (Wildman–Crippen MR) is 260 cm³/mol. The van der Waals surface area contributed by atoms with Crippen molar-refractivity contribution in [3.8, 4) is 0 Å². The van der Waals surface area contributed by atoms with Crippen LogP contribution in [-0.2, 0) is 40.5 Å².